The minimum Gasteiger partial charge on any atom is -0.338 e. The minimum atomic E-state index is -0.241. The van der Waals surface area contributed by atoms with Crippen molar-refractivity contribution in [2.24, 2.45) is 7.05 Å². The van der Waals surface area contributed by atoms with E-state index in [0.717, 1.165) is 16.3 Å². The largest absolute Gasteiger partial charge is 0.338 e. The Kier molecular flexibility index (Phi) is 6.27. The average molecular weight is 322 g/mol. The smallest absolute Gasteiger partial charge is 0.314 e. The van der Waals surface area contributed by atoms with Crippen molar-refractivity contribution in [1.29, 1.82) is 0 Å². The summed E-state index contributed by atoms with van der Waals surface area (Å²) in [5.74, 6) is 0.494. The Balaban J connectivity index is 1.55. The standard InChI is InChI=1S/C15H19FN4OS/c1-20-10-7-13(19-20)6-8-17-15(21)18-9-11-22-14-4-2-12(16)3-5-14/h2-5,7,10H,6,8-9,11H2,1H3,(H2,17,18,21). The molecule has 0 fully saturated rings. The van der Waals surface area contributed by atoms with Crippen molar-refractivity contribution in [3.63, 3.8) is 0 Å². The van der Waals surface area contributed by atoms with E-state index in [1.54, 1.807) is 28.6 Å². The number of benzene rings is 1. The highest BCUT2D eigenvalue weighted by Gasteiger charge is 2.01. The van der Waals surface area contributed by atoms with Gasteiger partial charge < -0.3 is 10.6 Å². The van der Waals surface area contributed by atoms with Gasteiger partial charge in [0.25, 0.3) is 0 Å². The molecule has 2 rings (SSSR count). The van der Waals surface area contributed by atoms with Crippen LogP contribution in [0.15, 0.2) is 41.4 Å². The van der Waals surface area contributed by atoms with Gasteiger partial charge in [0.1, 0.15) is 5.82 Å². The predicted molar refractivity (Wildman–Crippen MR) is 85.4 cm³/mol. The van der Waals surface area contributed by atoms with Crippen molar-refractivity contribution in [2.75, 3.05) is 18.8 Å². The number of rotatable bonds is 7. The van der Waals surface area contributed by atoms with E-state index in [2.05, 4.69) is 15.7 Å². The summed E-state index contributed by atoms with van der Waals surface area (Å²) in [5, 5.41) is 9.81. The van der Waals surface area contributed by atoms with Crippen LogP contribution in [0.5, 0.6) is 0 Å². The fourth-order valence-electron chi connectivity index (χ4n) is 1.83. The first-order chi connectivity index (χ1) is 10.6. The molecule has 0 aliphatic carbocycles. The summed E-state index contributed by atoms with van der Waals surface area (Å²) in [4.78, 5) is 12.6. The zero-order valence-electron chi connectivity index (χ0n) is 12.4. The number of thioether (sulfide) groups is 1. The fourth-order valence-corrected chi connectivity index (χ4v) is 2.60. The van der Waals surface area contributed by atoms with Crippen LogP contribution in [-0.4, -0.2) is 34.7 Å². The molecule has 2 amide bonds. The molecular formula is C15H19FN4OS. The Bertz CT molecular complexity index is 600. The van der Waals surface area contributed by atoms with Crippen LogP contribution in [0.25, 0.3) is 0 Å². The number of carbonyl (C=O) groups excluding carboxylic acids is 1. The van der Waals surface area contributed by atoms with Crippen molar-refractivity contribution in [3.05, 3.63) is 48.0 Å². The van der Waals surface area contributed by atoms with Crippen LogP contribution in [0.2, 0.25) is 0 Å². The third-order valence-electron chi connectivity index (χ3n) is 2.91. The Hall–Kier alpha value is -2.02. The molecule has 2 aromatic rings. The summed E-state index contributed by atoms with van der Waals surface area (Å²) >= 11 is 1.57. The molecule has 0 spiro atoms. The Labute approximate surface area is 133 Å². The van der Waals surface area contributed by atoms with Gasteiger partial charge in [-0.15, -0.1) is 11.8 Å². The molecule has 0 radical (unpaired) electrons. The Morgan fingerprint density at radius 2 is 1.95 bits per heavy atom. The molecule has 0 aliphatic rings. The zero-order chi connectivity index (χ0) is 15.8. The third kappa shape index (κ3) is 5.77. The molecule has 7 heteroatoms. The highest BCUT2D eigenvalue weighted by Crippen LogP contribution is 2.17. The number of aryl methyl sites for hydroxylation is 1. The summed E-state index contributed by atoms with van der Waals surface area (Å²) in [7, 11) is 1.86. The summed E-state index contributed by atoms with van der Waals surface area (Å²) in [6.07, 6.45) is 2.58. The van der Waals surface area contributed by atoms with E-state index in [-0.39, 0.29) is 11.8 Å². The molecule has 118 valence electrons. The number of carbonyl (C=O) groups is 1. The lowest BCUT2D eigenvalue weighted by molar-refractivity contribution is 0.241. The van der Waals surface area contributed by atoms with Crippen molar-refractivity contribution < 1.29 is 9.18 Å². The van der Waals surface area contributed by atoms with Crippen LogP contribution in [0.1, 0.15) is 5.69 Å². The molecule has 2 N–H and O–H groups in total. The highest BCUT2D eigenvalue weighted by molar-refractivity contribution is 7.99. The predicted octanol–water partition coefficient (Wildman–Crippen LogP) is 2.19. The number of nitrogens with zero attached hydrogens (tertiary/aromatic N) is 2. The number of hydrogen-bond acceptors (Lipinski definition) is 3. The number of halogens is 1. The Morgan fingerprint density at radius 3 is 2.64 bits per heavy atom. The lowest BCUT2D eigenvalue weighted by Crippen LogP contribution is -2.37. The maximum absolute atomic E-state index is 12.7. The van der Waals surface area contributed by atoms with E-state index in [9.17, 15) is 9.18 Å². The molecule has 0 saturated heterocycles. The van der Waals surface area contributed by atoms with Gasteiger partial charge >= 0.3 is 6.03 Å². The van der Waals surface area contributed by atoms with E-state index in [1.165, 1.54) is 12.1 Å². The lowest BCUT2D eigenvalue weighted by Gasteiger charge is -2.07. The summed E-state index contributed by atoms with van der Waals surface area (Å²) in [6.45, 7) is 1.10. The molecule has 22 heavy (non-hydrogen) atoms. The van der Waals surface area contributed by atoms with Crippen LogP contribution in [-0.2, 0) is 13.5 Å². The lowest BCUT2D eigenvalue weighted by atomic mass is 10.3. The van der Waals surface area contributed by atoms with Crippen molar-refractivity contribution >= 4 is 17.8 Å². The number of nitrogens with one attached hydrogen (secondary N) is 2. The topological polar surface area (TPSA) is 59.0 Å². The molecule has 0 unspecified atom stereocenters. The van der Waals surface area contributed by atoms with Crippen LogP contribution in [0, 0.1) is 5.82 Å². The fraction of sp³-hybridized carbons (Fsp3) is 0.333. The number of aromatic nitrogens is 2. The van der Waals surface area contributed by atoms with Crippen LogP contribution >= 0.6 is 11.8 Å². The Morgan fingerprint density at radius 1 is 1.23 bits per heavy atom. The van der Waals surface area contributed by atoms with Crippen molar-refractivity contribution in [3.8, 4) is 0 Å². The molecule has 1 aromatic heterocycles. The average Bonchev–Trinajstić information content (AvgIpc) is 2.91. The zero-order valence-corrected chi connectivity index (χ0v) is 13.2. The van der Waals surface area contributed by atoms with Gasteiger partial charge in [0.05, 0.1) is 5.69 Å². The molecular weight excluding hydrogens is 303 g/mol. The monoisotopic (exact) mass is 322 g/mol. The first-order valence-electron chi connectivity index (χ1n) is 7.02. The summed E-state index contributed by atoms with van der Waals surface area (Å²) < 4.78 is 14.5. The van der Waals surface area contributed by atoms with E-state index in [4.69, 9.17) is 0 Å². The van der Waals surface area contributed by atoms with Gasteiger partial charge in [-0.3, -0.25) is 4.68 Å². The molecule has 0 aliphatic heterocycles. The molecule has 5 nitrogen and oxygen atoms in total. The molecule has 0 atom stereocenters. The molecule has 0 bridgehead atoms. The second kappa shape index (κ2) is 8.43. The third-order valence-corrected chi connectivity index (χ3v) is 3.92. The first-order valence-corrected chi connectivity index (χ1v) is 8.00. The van der Waals surface area contributed by atoms with Gasteiger partial charge in [-0.05, 0) is 30.3 Å². The van der Waals surface area contributed by atoms with Crippen molar-refractivity contribution in [1.82, 2.24) is 20.4 Å². The summed E-state index contributed by atoms with van der Waals surface area (Å²) in [5.41, 5.74) is 0.953. The first kappa shape index (κ1) is 16.4. The van der Waals surface area contributed by atoms with E-state index in [0.29, 0.717) is 19.5 Å². The van der Waals surface area contributed by atoms with Gasteiger partial charge in [0.15, 0.2) is 0 Å². The van der Waals surface area contributed by atoms with Gasteiger partial charge in [0, 0.05) is 43.4 Å². The van der Waals surface area contributed by atoms with Crippen LogP contribution < -0.4 is 10.6 Å². The van der Waals surface area contributed by atoms with Gasteiger partial charge in [0.2, 0.25) is 0 Å². The van der Waals surface area contributed by atoms with Gasteiger partial charge in [-0.1, -0.05) is 0 Å². The minimum absolute atomic E-state index is 0.185. The van der Waals surface area contributed by atoms with Gasteiger partial charge in [-0.25, -0.2) is 9.18 Å². The van der Waals surface area contributed by atoms with Crippen LogP contribution in [0.3, 0.4) is 0 Å². The SMILES string of the molecule is Cn1ccc(CCNC(=O)NCCSc2ccc(F)cc2)n1. The summed E-state index contributed by atoms with van der Waals surface area (Å²) in [6, 6.07) is 8.06. The number of urea groups is 1. The van der Waals surface area contributed by atoms with Gasteiger partial charge in [-0.2, -0.15) is 5.10 Å². The van der Waals surface area contributed by atoms with E-state index in [1.807, 2.05) is 19.3 Å². The molecule has 1 heterocycles. The number of hydrogen-bond donors (Lipinski definition) is 2. The van der Waals surface area contributed by atoms with E-state index >= 15 is 0 Å². The molecule has 0 saturated carbocycles. The van der Waals surface area contributed by atoms with Crippen LogP contribution in [0.4, 0.5) is 9.18 Å². The van der Waals surface area contributed by atoms with Crippen molar-refractivity contribution in [2.45, 2.75) is 11.3 Å². The van der Waals surface area contributed by atoms with E-state index < -0.39 is 0 Å². The maximum atomic E-state index is 12.7. The number of amides is 2. The maximum Gasteiger partial charge on any atom is 0.314 e. The second-order valence-corrected chi connectivity index (χ2v) is 5.88. The normalized spacial score (nSPS) is 10.5. The molecule has 1 aromatic carbocycles. The second-order valence-electron chi connectivity index (χ2n) is 4.72. The highest BCUT2D eigenvalue weighted by atomic mass is 32.2. The quantitative estimate of drug-likeness (QED) is 0.607.